The van der Waals surface area contributed by atoms with E-state index in [1.54, 1.807) is 0 Å². The highest BCUT2D eigenvalue weighted by atomic mass is 19.2. The molecule has 0 aliphatic carbocycles. The molecule has 0 radical (unpaired) electrons. The SMILES string of the molecule is O=C1CCCN1C(=O)c1cc(F)c(F)cc1[N+](=O)[O-]. The van der Waals surface area contributed by atoms with Gasteiger partial charge in [0.2, 0.25) is 5.91 Å². The van der Waals surface area contributed by atoms with Gasteiger partial charge in [-0.25, -0.2) is 8.78 Å². The number of imide groups is 1. The minimum absolute atomic E-state index is 0.119. The van der Waals surface area contributed by atoms with E-state index in [1.807, 2.05) is 0 Å². The molecule has 100 valence electrons. The number of hydrogen-bond donors (Lipinski definition) is 0. The van der Waals surface area contributed by atoms with Gasteiger partial charge in [-0.05, 0) is 12.5 Å². The molecule has 1 aromatic carbocycles. The molecule has 0 bridgehead atoms. The fourth-order valence-electron chi connectivity index (χ4n) is 1.87. The highest BCUT2D eigenvalue weighted by molar-refractivity contribution is 6.07. The number of nitro benzene ring substituents is 1. The van der Waals surface area contributed by atoms with Crippen LogP contribution in [-0.2, 0) is 4.79 Å². The zero-order valence-corrected chi connectivity index (χ0v) is 9.56. The number of benzene rings is 1. The smallest absolute Gasteiger partial charge is 0.278 e. The Morgan fingerprint density at radius 1 is 1.32 bits per heavy atom. The van der Waals surface area contributed by atoms with Gasteiger partial charge in [0, 0.05) is 13.0 Å². The molecule has 0 spiro atoms. The van der Waals surface area contributed by atoms with Gasteiger partial charge in [-0.1, -0.05) is 0 Å². The molecule has 2 rings (SSSR count). The van der Waals surface area contributed by atoms with Crippen LogP contribution in [0.15, 0.2) is 12.1 Å². The number of amides is 2. The highest BCUT2D eigenvalue weighted by Gasteiger charge is 2.32. The molecular weight excluding hydrogens is 262 g/mol. The standard InChI is InChI=1S/C11H8F2N2O4/c12-7-4-6(9(15(18)19)5-8(7)13)11(17)14-3-1-2-10(14)16/h4-5H,1-3H2. The maximum Gasteiger partial charge on any atom is 0.285 e. The molecule has 19 heavy (non-hydrogen) atoms. The molecule has 0 unspecified atom stereocenters. The number of hydrogen-bond acceptors (Lipinski definition) is 4. The minimum Gasteiger partial charge on any atom is -0.278 e. The molecule has 0 N–H and O–H groups in total. The number of likely N-dealkylation sites (tertiary alicyclic amines) is 1. The van der Waals surface area contributed by atoms with Crippen LogP contribution in [0.1, 0.15) is 23.2 Å². The van der Waals surface area contributed by atoms with Crippen LogP contribution in [0.3, 0.4) is 0 Å². The van der Waals surface area contributed by atoms with Gasteiger partial charge < -0.3 is 0 Å². The van der Waals surface area contributed by atoms with Crippen molar-refractivity contribution in [2.24, 2.45) is 0 Å². The Morgan fingerprint density at radius 2 is 1.95 bits per heavy atom. The number of nitro groups is 1. The Kier molecular flexibility index (Phi) is 3.24. The van der Waals surface area contributed by atoms with Crippen LogP contribution < -0.4 is 0 Å². The van der Waals surface area contributed by atoms with Crippen molar-refractivity contribution in [3.8, 4) is 0 Å². The van der Waals surface area contributed by atoms with Crippen LogP contribution in [0.5, 0.6) is 0 Å². The molecule has 0 saturated carbocycles. The summed E-state index contributed by atoms with van der Waals surface area (Å²) in [5, 5.41) is 10.7. The fraction of sp³-hybridized carbons (Fsp3) is 0.273. The van der Waals surface area contributed by atoms with Crippen LogP contribution in [0, 0.1) is 21.7 Å². The van der Waals surface area contributed by atoms with E-state index in [2.05, 4.69) is 0 Å². The van der Waals surface area contributed by atoms with Crippen LogP contribution in [-0.4, -0.2) is 28.2 Å². The average Bonchev–Trinajstić information content (AvgIpc) is 2.77. The van der Waals surface area contributed by atoms with Crippen LogP contribution in [0.2, 0.25) is 0 Å². The first kappa shape index (κ1) is 13.1. The summed E-state index contributed by atoms with van der Waals surface area (Å²) in [6, 6.07) is 0.782. The molecule has 1 aliphatic rings. The van der Waals surface area contributed by atoms with Crippen molar-refractivity contribution in [1.82, 2.24) is 4.90 Å². The summed E-state index contributed by atoms with van der Waals surface area (Å²) < 4.78 is 26.1. The Bertz CT molecular complexity index is 588. The lowest BCUT2D eigenvalue weighted by atomic mass is 10.1. The number of halogens is 2. The second-order valence-corrected chi connectivity index (χ2v) is 3.99. The van der Waals surface area contributed by atoms with Crippen molar-refractivity contribution in [2.75, 3.05) is 6.54 Å². The van der Waals surface area contributed by atoms with E-state index in [0.717, 1.165) is 4.90 Å². The van der Waals surface area contributed by atoms with Crippen molar-refractivity contribution >= 4 is 17.5 Å². The molecule has 0 aromatic heterocycles. The van der Waals surface area contributed by atoms with E-state index >= 15 is 0 Å². The summed E-state index contributed by atoms with van der Waals surface area (Å²) >= 11 is 0. The molecule has 1 aromatic rings. The first-order chi connectivity index (χ1) is 8.91. The van der Waals surface area contributed by atoms with Crippen molar-refractivity contribution in [1.29, 1.82) is 0 Å². The molecule has 1 aliphatic heterocycles. The second kappa shape index (κ2) is 4.71. The maximum absolute atomic E-state index is 13.1. The number of carbonyl (C=O) groups is 2. The summed E-state index contributed by atoms with van der Waals surface area (Å²) in [6.07, 6.45) is 0.602. The predicted molar refractivity (Wildman–Crippen MR) is 58.3 cm³/mol. The van der Waals surface area contributed by atoms with E-state index in [4.69, 9.17) is 0 Å². The minimum atomic E-state index is -1.42. The molecule has 8 heteroatoms. The Labute approximate surface area is 105 Å². The molecule has 1 saturated heterocycles. The second-order valence-electron chi connectivity index (χ2n) is 3.99. The molecule has 1 fully saturated rings. The fourth-order valence-corrected chi connectivity index (χ4v) is 1.87. The quantitative estimate of drug-likeness (QED) is 0.464. The molecule has 1 heterocycles. The topological polar surface area (TPSA) is 80.5 Å². The Balaban J connectivity index is 2.49. The molecule has 2 amide bonds. The Morgan fingerprint density at radius 3 is 2.47 bits per heavy atom. The maximum atomic E-state index is 13.1. The van der Waals surface area contributed by atoms with Gasteiger partial charge in [-0.3, -0.25) is 24.6 Å². The van der Waals surface area contributed by atoms with E-state index in [0.29, 0.717) is 18.6 Å². The van der Waals surface area contributed by atoms with Crippen LogP contribution in [0.25, 0.3) is 0 Å². The lowest BCUT2D eigenvalue weighted by Crippen LogP contribution is -2.32. The van der Waals surface area contributed by atoms with Crippen LogP contribution in [0.4, 0.5) is 14.5 Å². The summed E-state index contributed by atoms with van der Waals surface area (Å²) in [6.45, 7) is 0.119. The summed E-state index contributed by atoms with van der Waals surface area (Å²) in [7, 11) is 0. The predicted octanol–water partition coefficient (Wildman–Crippen LogP) is 1.64. The van der Waals surface area contributed by atoms with Gasteiger partial charge in [-0.2, -0.15) is 0 Å². The van der Waals surface area contributed by atoms with Crippen molar-refractivity contribution in [2.45, 2.75) is 12.8 Å². The van der Waals surface area contributed by atoms with Gasteiger partial charge in [-0.15, -0.1) is 0 Å². The number of rotatable bonds is 2. The third-order valence-corrected chi connectivity index (χ3v) is 2.78. The van der Waals surface area contributed by atoms with Gasteiger partial charge in [0.15, 0.2) is 11.6 Å². The van der Waals surface area contributed by atoms with Gasteiger partial charge in [0.25, 0.3) is 11.6 Å². The molecular formula is C11H8F2N2O4. The molecule has 0 atom stereocenters. The zero-order valence-electron chi connectivity index (χ0n) is 9.56. The third-order valence-electron chi connectivity index (χ3n) is 2.78. The lowest BCUT2D eigenvalue weighted by Gasteiger charge is -2.13. The number of nitrogens with zero attached hydrogens (tertiary/aromatic N) is 2. The first-order valence-electron chi connectivity index (χ1n) is 5.40. The van der Waals surface area contributed by atoms with Gasteiger partial charge >= 0.3 is 0 Å². The van der Waals surface area contributed by atoms with Crippen molar-refractivity contribution in [3.05, 3.63) is 39.4 Å². The summed E-state index contributed by atoms with van der Waals surface area (Å²) in [4.78, 5) is 33.9. The van der Waals surface area contributed by atoms with Crippen molar-refractivity contribution in [3.63, 3.8) is 0 Å². The first-order valence-corrected chi connectivity index (χ1v) is 5.40. The Hall–Kier alpha value is -2.38. The summed E-state index contributed by atoms with van der Waals surface area (Å²) in [5.74, 6) is -4.26. The van der Waals surface area contributed by atoms with E-state index in [1.165, 1.54) is 0 Å². The summed E-state index contributed by atoms with van der Waals surface area (Å²) in [5.41, 5.74) is -1.48. The van der Waals surface area contributed by atoms with Gasteiger partial charge in [0.1, 0.15) is 5.56 Å². The highest BCUT2D eigenvalue weighted by Crippen LogP contribution is 2.25. The lowest BCUT2D eigenvalue weighted by molar-refractivity contribution is -0.385. The zero-order chi connectivity index (χ0) is 14.2. The van der Waals surface area contributed by atoms with E-state index in [-0.39, 0.29) is 13.0 Å². The largest absolute Gasteiger partial charge is 0.285 e. The van der Waals surface area contributed by atoms with E-state index < -0.39 is 39.6 Å². The van der Waals surface area contributed by atoms with Crippen molar-refractivity contribution < 1.29 is 23.3 Å². The third kappa shape index (κ3) is 2.28. The monoisotopic (exact) mass is 270 g/mol. The van der Waals surface area contributed by atoms with E-state index in [9.17, 15) is 28.5 Å². The average molecular weight is 270 g/mol. The molecule has 6 nitrogen and oxygen atoms in total. The van der Waals surface area contributed by atoms with Gasteiger partial charge in [0.05, 0.1) is 11.0 Å². The number of carbonyl (C=O) groups excluding carboxylic acids is 2. The normalized spacial score (nSPS) is 14.8. The van der Waals surface area contributed by atoms with Crippen LogP contribution >= 0.6 is 0 Å².